The normalized spacial score (nSPS) is 32.0. The largest absolute Gasteiger partial charge is 0.374 e. The van der Waals surface area contributed by atoms with Crippen molar-refractivity contribution in [3.63, 3.8) is 0 Å². The third-order valence-corrected chi connectivity index (χ3v) is 4.96. The second-order valence-electron chi connectivity index (χ2n) is 6.17. The van der Waals surface area contributed by atoms with Gasteiger partial charge in [0.05, 0.1) is 12.2 Å². The molecule has 2 fully saturated rings. The molecule has 3 heteroatoms. The highest BCUT2D eigenvalue weighted by atomic mass is 16.5. The molecule has 1 aliphatic heterocycles. The van der Waals surface area contributed by atoms with Crippen LogP contribution in [0.4, 0.5) is 0 Å². The average molecular weight is 254 g/mol. The molecule has 1 heterocycles. The Hall–Kier alpha value is -0.120. The molecule has 0 aromatic heterocycles. The first-order chi connectivity index (χ1) is 8.70. The van der Waals surface area contributed by atoms with E-state index in [1.165, 1.54) is 44.9 Å². The quantitative estimate of drug-likeness (QED) is 0.819. The van der Waals surface area contributed by atoms with Crippen LogP contribution in [0.5, 0.6) is 0 Å². The zero-order valence-electron chi connectivity index (χ0n) is 12.2. The average Bonchev–Trinajstić information content (AvgIpc) is 2.82. The van der Waals surface area contributed by atoms with Crippen molar-refractivity contribution in [3.05, 3.63) is 0 Å². The van der Waals surface area contributed by atoms with Gasteiger partial charge in [0.25, 0.3) is 0 Å². The number of hydrogen-bond acceptors (Lipinski definition) is 3. The molecule has 0 radical (unpaired) electrons. The summed E-state index contributed by atoms with van der Waals surface area (Å²) in [5.74, 6) is 0. The first kappa shape index (κ1) is 14.3. The van der Waals surface area contributed by atoms with Gasteiger partial charge in [0.2, 0.25) is 0 Å². The van der Waals surface area contributed by atoms with Crippen LogP contribution < -0.4 is 5.73 Å². The third-order valence-electron chi connectivity index (χ3n) is 4.96. The summed E-state index contributed by atoms with van der Waals surface area (Å²) in [4.78, 5) is 2.62. The SMILES string of the molecule is CCN(CC1CCC(C)O1)C1(CN)CCCCC1. The summed E-state index contributed by atoms with van der Waals surface area (Å²) in [6.45, 7) is 7.45. The minimum atomic E-state index is 0.266. The molecule has 1 saturated heterocycles. The van der Waals surface area contributed by atoms with Gasteiger partial charge in [0, 0.05) is 18.6 Å². The van der Waals surface area contributed by atoms with E-state index in [2.05, 4.69) is 18.7 Å². The smallest absolute Gasteiger partial charge is 0.0706 e. The van der Waals surface area contributed by atoms with Gasteiger partial charge < -0.3 is 10.5 Å². The Morgan fingerprint density at radius 3 is 2.44 bits per heavy atom. The van der Waals surface area contributed by atoms with Crippen LogP contribution in [0.25, 0.3) is 0 Å². The fraction of sp³-hybridized carbons (Fsp3) is 1.00. The van der Waals surface area contributed by atoms with Crippen LogP contribution in [0.1, 0.15) is 58.8 Å². The van der Waals surface area contributed by atoms with E-state index in [-0.39, 0.29) is 5.54 Å². The van der Waals surface area contributed by atoms with Gasteiger partial charge in [-0.15, -0.1) is 0 Å². The van der Waals surface area contributed by atoms with Gasteiger partial charge >= 0.3 is 0 Å². The maximum absolute atomic E-state index is 6.13. The fourth-order valence-electron chi connectivity index (χ4n) is 3.78. The van der Waals surface area contributed by atoms with E-state index in [4.69, 9.17) is 10.5 Å². The number of hydrogen-bond donors (Lipinski definition) is 1. The van der Waals surface area contributed by atoms with Crippen LogP contribution in [-0.4, -0.2) is 42.3 Å². The maximum atomic E-state index is 6.13. The number of rotatable bonds is 5. The van der Waals surface area contributed by atoms with Crippen LogP contribution in [0.15, 0.2) is 0 Å². The van der Waals surface area contributed by atoms with Crippen molar-refractivity contribution in [1.82, 2.24) is 4.90 Å². The van der Waals surface area contributed by atoms with Crippen LogP contribution in [0.2, 0.25) is 0 Å². The zero-order chi connectivity index (χ0) is 13.0. The molecule has 2 N–H and O–H groups in total. The molecule has 1 saturated carbocycles. The minimum absolute atomic E-state index is 0.266. The van der Waals surface area contributed by atoms with Gasteiger partial charge in [-0.3, -0.25) is 4.90 Å². The lowest BCUT2D eigenvalue weighted by Gasteiger charge is -2.46. The van der Waals surface area contributed by atoms with E-state index >= 15 is 0 Å². The Balaban J connectivity index is 1.97. The standard InChI is InChI=1S/C15H30N2O/c1-3-17(11-14-8-7-13(2)18-14)15(12-16)9-5-4-6-10-15/h13-14H,3-12,16H2,1-2H3. The van der Waals surface area contributed by atoms with Crippen molar-refractivity contribution in [1.29, 1.82) is 0 Å². The fourth-order valence-corrected chi connectivity index (χ4v) is 3.78. The molecule has 1 aliphatic carbocycles. The van der Waals surface area contributed by atoms with Gasteiger partial charge in [0.1, 0.15) is 0 Å². The summed E-state index contributed by atoms with van der Waals surface area (Å²) >= 11 is 0. The maximum Gasteiger partial charge on any atom is 0.0706 e. The van der Waals surface area contributed by atoms with E-state index in [1.54, 1.807) is 0 Å². The summed E-state index contributed by atoms with van der Waals surface area (Å²) in [7, 11) is 0. The van der Waals surface area contributed by atoms with Crippen LogP contribution in [0, 0.1) is 0 Å². The highest BCUT2D eigenvalue weighted by molar-refractivity contribution is 4.95. The summed E-state index contributed by atoms with van der Waals surface area (Å²) in [6.07, 6.45) is 9.95. The molecular formula is C15H30N2O. The van der Waals surface area contributed by atoms with Crippen molar-refractivity contribution in [2.45, 2.75) is 76.5 Å². The molecule has 2 unspecified atom stereocenters. The minimum Gasteiger partial charge on any atom is -0.374 e. The lowest BCUT2D eigenvalue weighted by Crippen LogP contribution is -2.56. The molecule has 2 rings (SSSR count). The lowest BCUT2D eigenvalue weighted by molar-refractivity contribution is -0.0116. The second kappa shape index (κ2) is 6.36. The van der Waals surface area contributed by atoms with Crippen molar-refractivity contribution in [2.24, 2.45) is 5.73 Å². The molecule has 106 valence electrons. The summed E-state index contributed by atoms with van der Waals surface area (Å²) in [5, 5.41) is 0. The molecule has 0 spiro atoms. The Morgan fingerprint density at radius 1 is 1.22 bits per heavy atom. The molecule has 0 aromatic rings. The molecule has 2 aliphatic rings. The van der Waals surface area contributed by atoms with Crippen LogP contribution >= 0.6 is 0 Å². The van der Waals surface area contributed by atoms with Crippen molar-refractivity contribution >= 4 is 0 Å². The van der Waals surface area contributed by atoms with Gasteiger partial charge in [0.15, 0.2) is 0 Å². The Kier molecular flexibility index (Phi) is 5.05. The Bertz CT molecular complexity index is 251. The highest BCUT2D eigenvalue weighted by Gasteiger charge is 2.37. The van der Waals surface area contributed by atoms with Crippen molar-refractivity contribution in [2.75, 3.05) is 19.6 Å². The highest BCUT2D eigenvalue weighted by Crippen LogP contribution is 2.34. The Labute approximate surface area is 112 Å². The van der Waals surface area contributed by atoms with E-state index < -0.39 is 0 Å². The van der Waals surface area contributed by atoms with Crippen LogP contribution in [-0.2, 0) is 4.74 Å². The Morgan fingerprint density at radius 2 is 1.94 bits per heavy atom. The molecule has 0 aromatic carbocycles. The van der Waals surface area contributed by atoms with E-state index in [9.17, 15) is 0 Å². The molecule has 0 bridgehead atoms. The third kappa shape index (κ3) is 3.06. The molecule has 3 nitrogen and oxygen atoms in total. The van der Waals surface area contributed by atoms with Gasteiger partial charge in [-0.1, -0.05) is 26.2 Å². The zero-order valence-corrected chi connectivity index (χ0v) is 12.2. The summed E-state index contributed by atoms with van der Waals surface area (Å²) in [5.41, 5.74) is 6.40. The molecule has 2 atom stereocenters. The van der Waals surface area contributed by atoms with Gasteiger partial charge in [-0.25, -0.2) is 0 Å². The van der Waals surface area contributed by atoms with E-state index in [1.807, 2.05) is 0 Å². The second-order valence-corrected chi connectivity index (χ2v) is 6.17. The molecule has 0 amide bonds. The first-order valence-corrected chi connectivity index (χ1v) is 7.81. The van der Waals surface area contributed by atoms with E-state index in [0.717, 1.165) is 19.6 Å². The number of ether oxygens (including phenoxy) is 1. The van der Waals surface area contributed by atoms with Crippen LogP contribution in [0.3, 0.4) is 0 Å². The lowest BCUT2D eigenvalue weighted by atomic mass is 9.80. The summed E-state index contributed by atoms with van der Waals surface area (Å²) < 4.78 is 5.99. The predicted molar refractivity (Wildman–Crippen MR) is 75.7 cm³/mol. The van der Waals surface area contributed by atoms with Gasteiger partial charge in [-0.2, -0.15) is 0 Å². The number of nitrogens with two attached hydrogens (primary N) is 1. The van der Waals surface area contributed by atoms with Crippen molar-refractivity contribution < 1.29 is 4.74 Å². The first-order valence-electron chi connectivity index (χ1n) is 7.81. The molecule has 18 heavy (non-hydrogen) atoms. The predicted octanol–water partition coefficient (Wildman–Crippen LogP) is 2.54. The number of likely N-dealkylation sites (N-methyl/N-ethyl adjacent to an activating group) is 1. The number of nitrogens with zero attached hydrogens (tertiary/aromatic N) is 1. The van der Waals surface area contributed by atoms with Crippen molar-refractivity contribution in [3.8, 4) is 0 Å². The monoisotopic (exact) mass is 254 g/mol. The summed E-state index contributed by atoms with van der Waals surface area (Å²) in [6, 6.07) is 0. The van der Waals surface area contributed by atoms with E-state index in [0.29, 0.717) is 12.2 Å². The molecular weight excluding hydrogens is 224 g/mol. The topological polar surface area (TPSA) is 38.5 Å². The van der Waals surface area contributed by atoms with Gasteiger partial charge in [-0.05, 0) is 39.2 Å².